The summed E-state index contributed by atoms with van der Waals surface area (Å²) in [7, 11) is 1.97. The SMILES string of the molecule is CCOC(=O)COCCCCCN(C)CCOc1cc(F)c([C@@H]2c3[nH]c4ccccc4c3C[C@@H](C)N2CC(C)(C)F)c(F)c1. The van der Waals surface area contributed by atoms with Crippen molar-refractivity contribution in [2.24, 2.45) is 0 Å². The molecule has 0 bridgehead atoms. The van der Waals surface area contributed by atoms with Gasteiger partial charge >= 0.3 is 5.97 Å². The largest absolute Gasteiger partial charge is 0.492 e. The molecule has 2 atom stereocenters. The summed E-state index contributed by atoms with van der Waals surface area (Å²) in [6.45, 7) is 9.25. The average Bonchev–Trinajstić information content (AvgIpc) is 3.31. The minimum absolute atomic E-state index is 0.0227. The topological polar surface area (TPSA) is 67.0 Å². The first-order valence-electron chi connectivity index (χ1n) is 15.6. The molecule has 0 spiro atoms. The van der Waals surface area contributed by atoms with Gasteiger partial charge in [-0.2, -0.15) is 0 Å². The van der Waals surface area contributed by atoms with Gasteiger partial charge in [0.1, 0.15) is 36.3 Å². The van der Waals surface area contributed by atoms with Gasteiger partial charge < -0.3 is 24.1 Å². The van der Waals surface area contributed by atoms with E-state index in [1.165, 1.54) is 26.0 Å². The molecular formula is C34H46F3N3O4. The highest BCUT2D eigenvalue weighted by Crippen LogP contribution is 2.43. The Balaban J connectivity index is 1.38. The molecule has 4 rings (SSSR count). The fourth-order valence-electron chi connectivity index (χ4n) is 5.96. The number of aromatic amines is 1. The lowest BCUT2D eigenvalue weighted by atomic mass is 9.87. The van der Waals surface area contributed by atoms with Crippen LogP contribution in [0.1, 0.15) is 69.8 Å². The molecule has 2 aromatic carbocycles. The lowest BCUT2D eigenvalue weighted by Gasteiger charge is -2.43. The molecule has 7 nitrogen and oxygen atoms in total. The maximum atomic E-state index is 15.8. The monoisotopic (exact) mass is 617 g/mol. The van der Waals surface area contributed by atoms with Crippen LogP contribution in [0.5, 0.6) is 5.75 Å². The van der Waals surface area contributed by atoms with Gasteiger partial charge in [-0.25, -0.2) is 18.0 Å². The number of ether oxygens (including phenoxy) is 3. The Bertz CT molecular complexity index is 1370. The Hall–Kier alpha value is -3.08. The van der Waals surface area contributed by atoms with Gasteiger partial charge in [0.05, 0.1) is 12.6 Å². The number of nitrogens with zero attached hydrogens (tertiary/aromatic N) is 2. The molecule has 2 heterocycles. The summed E-state index contributed by atoms with van der Waals surface area (Å²) in [6, 6.07) is 9.33. The number of carbonyl (C=O) groups excluding carboxylic acids is 1. The van der Waals surface area contributed by atoms with Crippen molar-refractivity contribution < 1.29 is 32.2 Å². The highest BCUT2D eigenvalue weighted by atomic mass is 19.1. The van der Waals surface area contributed by atoms with Crippen LogP contribution in [0, 0.1) is 11.6 Å². The zero-order valence-corrected chi connectivity index (χ0v) is 26.6. The smallest absolute Gasteiger partial charge is 0.332 e. The number of esters is 1. The van der Waals surface area contributed by atoms with Crippen LogP contribution in [0.25, 0.3) is 10.9 Å². The first kappa shape index (κ1) is 33.8. The average molecular weight is 618 g/mol. The van der Waals surface area contributed by atoms with E-state index in [0.717, 1.165) is 42.3 Å². The predicted octanol–water partition coefficient (Wildman–Crippen LogP) is 6.59. The molecule has 1 aliphatic rings. The predicted molar refractivity (Wildman–Crippen MR) is 166 cm³/mol. The summed E-state index contributed by atoms with van der Waals surface area (Å²) in [5.41, 5.74) is 0.938. The second-order valence-electron chi connectivity index (χ2n) is 12.3. The van der Waals surface area contributed by atoms with E-state index in [4.69, 9.17) is 14.2 Å². The number of nitrogens with one attached hydrogen (secondary N) is 1. The van der Waals surface area contributed by atoms with Crippen molar-refractivity contribution in [1.82, 2.24) is 14.8 Å². The van der Waals surface area contributed by atoms with Crippen molar-refractivity contribution in [3.63, 3.8) is 0 Å². The number of halogens is 3. The zero-order chi connectivity index (χ0) is 31.9. The summed E-state index contributed by atoms with van der Waals surface area (Å²) >= 11 is 0. The summed E-state index contributed by atoms with van der Waals surface area (Å²) < 4.78 is 62.6. The number of carbonyl (C=O) groups is 1. The van der Waals surface area contributed by atoms with Crippen molar-refractivity contribution >= 4 is 16.9 Å². The Morgan fingerprint density at radius 3 is 2.52 bits per heavy atom. The number of alkyl halides is 1. The van der Waals surface area contributed by atoms with E-state index in [1.54, 1.807) is 6.92 Å². The molecule has 0 saturated heterocycles. The van der Waals surface area contributed by atoms with E-state index >= 15 is 8.78 Å². The van der Waals surface area contributed by atoms with Gasteiger partial charge in [-0.1, -0.05) is 18.2 Å². The number of hydrogen-bond donors (Lipinski definition) is 1. The lowest BCUT2D eigenvalue weighted by molar-refractivity contribution is -0.148. The molecule has 1 N–H and O–H groups in total. The van der Waals surface area contributed by atoms with Crippen LogP contribution >= 0.6 is 0 Å². The Labute approximate surface area is 258 Å². The van der Waals surface area contributed by atoms with Crippen molar-refractivity contribution in [2.75, 3.05) is 53.1 Å². The second-order valence-corrected chi connectivity index (χ2v) is 12.3. The number of fused-ring (bicyclic) bond motifs is 3. The van der Waals surface area contributed by atoms with Crippen molar-refractivity contribution in [3.05, 3.63) is 64.9 Å². The number of H-pyrrole nitrogens is 1. The molecule has 1 aromatic heterocycles. The Morgan fingerprint density at radius 2 is 1.82 bits per heavy atom. The molecular weight excluding hydrogens is 571 g/mol. The minimum atomic E-state index is -1.56. The first-order chi connectivity index (χ1) is 21.0. The van der Waals surface area contributed by atoms with E-state index in [-0.39, 0.29) is 43.1 Å². The summed E-state index contributed by atoms with van der Waals surface area (Å²) in [5, 5.41) is 1.02. The van der Waals surface area contributed by atoms with Gasteiger partial charge in [0, 0.05) is 60.0 Å². The number of unbranched alkanes of at least 4 members (excludes halogenated alkanes) is 2. The number of rotatable bonds is 16. The molecule has 0 amide bonds. The molecule has 0 unspecified atom stereocenters. The van der Waals surface area contributed by atoms with Crippen LogP contribution in [0.2, 0.25) is 0 Å². The lowest BCUT2D eigenvalue weighted by Crippen LogP contribution is -2.48. The number of hydrogen-bond acceptors (Lipinski definition) is 6. The van der Waals surface area contributed by atoms with Crippen LogP contribution in [-0.2, 0) is 20.7 Å². The van der Waals surface area contributed by atoms with Crippen LogP contribution in [0.15, 0.2) is 36.4 Å². The van der Waals surface area contributed by atoms with Gasteiger partial charge in [0.15, 0.2) is 0 Å². The number of likely N-dealkylation sites (N-methyl/N-ethyl adjacent to an activating group) is 1. The van der Waals surface area contributed by atoms with Crippen molar-refractivity contribution in [2.45, 2.75) is 71.1 Å². The fraction of sp³-hybridized carbons (Fsp3) is 0.559. The first-order valence-corrected chi connectivity index (χ1v) is 15.6. The van der Waals surface area contributed by atoms with Gasteiger partial charge in [-0.15, -0.1) is 0 Å². The van der Waals surface area contributed by atoms with Gasteiger partial charge in [0.25, 0.3) is 0 Å². The van der Waals surface area contributed by atoms with Gasteiger partial charge in [0.2, 0.25) is 0 Å². The maximum Gasteiger partial charge on any atom is 0.332 e. The molecule has 0 saturated carbocycles. The summed E-state index contributed by atoms with van der Waals surface area (Å²) in [4.78, 5) is 18.6. The molecule has 3 aromatic rings. The van der Waals surface area contributed by atoms with Crippen LogP contribution in [0.4, 0.5) is 13.2 Å². The third-order valence-electron chi connectivity index (χ3n) is 8.00. The Kier molecular flexibility index (Phi) is 11.7. The molecule has 10 heteroatoms. The normalized spacial score (nSPS) is 17.3. The van der Waals surface area contributed by atoms with Crippen molar-refractivity contribution in [1.29, 1.82) is 0 Å². The second kappa shape index (κ2) is 15.3. The standard InChI is InChI=1S/C34H46F3N3O4/c1-6-43-30(41)21-42-16-11-7-10-14-39(5)15-17-44-24-19-27(35)31(28(36)20-24)33-32-26(25-12-8-9-13-29(25)38-32)18-23(2)40(33)22-34(3,4)37/h8-9,12-13,19-20,23,33,38H,6-7,10-11,14-18,21-22H2,1-5H3/t23-,33-/m1/s1. The number of para-hydroxylation sites is 1. The van der Waals surface area contributed by atoms with Gasteiger partial charge in [-0.05, 0) is 78.6 Å². The van der Waals surface area contributed by atoms with E-state index in [0.29, 0.717) is 31.9 Å². The van der Waals surface area contributed by atoms with Crippen molar-refractivity contribution in [3.8, 4) is 5.75 Å². The molecule has 0 radical (unpaired) electrons. The van der Waals surface area contributed by atoms with Crippen LogP contribution in [0.3, 0.4) is 0 Å². The van der Waals surface area contributed by atoms with E-state index in [9.17, 15) is 9.18 Å². The van der Waals surface area contributed by atoms with Crippen LogP contribution < -0.4 is 4.74 Å². The van der Waals surface area contributed by atoms with Gasteiger partial charge in [-0.3, -0.25) is 4.90 Å². The summed E-state index contributed by atoms with van der Waals surface area (Å²) in [5.74, 6) is -1.67. The molecule has 44 heavy (non-hydrogen) atoms. The third kappa shape index (κ3) is 8.76. The number of aromatic nitrogens is 1. The zero-order valence-electron chi connectivity index (χ0n) is 26.6. The molecule has 0 fully saturated rings. The highest BCUT2D eigenvalue weighted by Gasteiger charge is 2.41. The highest BCUT2D eigenvalue weighted by molar-refractivity contribution is 5.85. The van der Waals surface area contributed by atoms with E-state index in [2.05, 4.69) is 9.88 Å². The summed E-state index contributed by atoms with van der Waals surface area (Å²) in [6.07, 6.45) is 3.38. The maximum absolute atomic E-state index is 15.8. The number of benzene rings is 2. The van der Waals surface area contributed by atoms with Crippen LogP contribution in [-0.4, -0.2) is 85.6 Å². The van der Waals surface area contributed by atoms with E-state index < -0.39 is 23.3 Å². The Morgan fingerprint density at radius 1 is 1.09 bits per heavy atom. The molecule has 0 aliphatic carbocycles. The fourth-order valence-corrected chi connectivity index (χ4v) is 5.96. The molecule has 1 aliphatic heterocycles. The third-order valence-corrected chi connectivity index (χ3v) is 8.00. The minimum Gasteiger partial charge on any atom is -0.492 e. The van der Waals surface area contributed by atoms with E-state index in [1.807, 2.05) is 43.1 Å². The quantitative estimate of drug-likeness (QED) is 0.145. The molecule has 242 valence electrons.